The lowest BCUT2D eigenvalue weighted by molar-refractivity contribution is 0.0733. The average molecular weight is 379 g/mol. The summed E-state index contributed by atoms with van der Waals surface area (Å²) in [6.45, 7) is 1.16. The molecule has 0 saturated carbocycles. The number of amides is 1. The number of aromatic nitrogens is 2. The van der Waals surface area contributed by atoms with E-state index in [0.717, 1.165) is 30.8 Å². The summed E-state index contributed by atoms with van der Waals surface area (Å²) in [6.07, 6.45) is 2.50. The monoisotopic (exact) mass is 379 g/mol. The zero-order chi connectivity index (χ0) is 19.3. The highest BCUT2D eigenvalue weighted by atomic mass is 19.1. The zero-order valence-corrected chi connectivity index (χ0v) is 15.5. The standard InChI is InChI=1S/C22H22FN3O2/c23-17-8-4-9-19(14-17)28-13-11-18-15-20(25-24-18)21-10-5-12-26(21)22(27)16-6-2-1-3-7-16/h1-4,6-9,14-15,21H,5,10-13H2,(H,24,25). The zero-order valence-electron chi connectivity index (χ0n) is 15.5. The Labute approximate surface area is 163 Å². The number of likely N-dealkylation sites (tertiary alicyclic amines) is 1. The normalized spacial score (nSPS) is 16.3. The van der Waals surface area contributed by atoms with Gasteiger partial charge in [-0.2, -0.15) is 5.10 Å². The molecular formula is C22H22FN3O2. The third-order valence-electron chi connectivity index (χ3n) is 4.96. The van der Waals surface area contributed by atoms with Crippen LogP contribution in [0.5, 0.6) is 5.75 Å². The predicted molar refractivity (Wildman–Crippen MR) is 104 cm³/mol. The van der Waals surface area contributed by atoms with E-state index in [1.807, 2.05) is 41.3 Å². The molecule has 2 aromatic carbocycles. The van der Waals surface area contributed by atoms with Gasteiger partial charge in [0.25, 0.3) is 5.91 Å². The van der Waals surface area contributed by atoms with Gasteiger partial charge < -0.3 is 9.64 Å². The lowest BCUT2D eigenvalue weighted by atomic mass is 10.1. The number of hydrogen-bond acceptors (Lipinski definition) is 3. The lowest BCUT2D eigenvalue weighted by Gasteiger charge is -2.23. The first-order valence-electron chi connectivity index (χ1n) is 9.49. The number of aromatic amines is 1. The van der Waals surface area contributed by atoms with Gasteiger partial charge in [0.15, 0.2) is 0 Å². The van der Waals surface area contributed by atoms with Gasteiger partial charge in [0.2, 0.25) is 0 Å². The highest BCUT2D eigenvalue weighted by Crippen LogP contribution is 2.32. The van der Waals surface area contributed by atoms with E-state index < -0.39 is 0 Å². The first-order valence-corrected chi connectivity index (χ1v) is 9.49. The van der Waals surface area contributed by atoms with E-state index in [1.165, 1.54) is 12.1 Å². The molecule has 3 aromatic rings. The molecular weight excluding hydrogens is 357 g/mol. The van der Waals surface area contributed by atoms with E-state index in [9.17, 15) is 9.18 Å². The van der Waals surface area contributed by atoms with Crippen LogP contribution in [0.4, 0.5) is 4.39 Å². The van der Waals surface area contributed by atoms with E-state index in [1.54, 1.807) is 12.1 Å². The average Bonchev–Trinajstić information content (AvgIpc) is 3.37. The number of benzene rings is 2. The molecule has 1 aliphatic heterocycles. The van der Waals surface area contributed by atoms with E-state index >= 15 is 0 Å². The molecule has 1 amide bonds. The number of halogens is 1. The third-order valence-corrected chi connectivity index (χ3v) is 4.96. The van der Waals surface area contributed by atoms with Crippen molar-refractivity contribution in [2.24, 2.45) is 0 Å². The largest absolute Gasteiger partial charge is 0.493 e. The maximum atomic E-state index is 13.2. The van der Waals surface area contributed by atoms with Gasteiger partial charge in [0.1, 0.15) is 11.6 Å². The number of carbonyl (C=O) groups is 1. The van der Waals surface area contributed by atoms with Crippen molar-refractivity contribution in [2.45, 2.75) is 25.3 Å². The highest BCUT2D eigenvalue weighted by Gasteiger charge is 2.32. The minimum Gasteiger partial charge on any atom is -0.493 e. The van der Waals surface area contributed by atoms with Crippen molar-refractivity contribution in [1.29, 1.82) is 0 Å². The second kappa shape index (κ2) is 8.25. The van der Waals surface area contributed by atoms with Crippen LogP contribution in [0.25, 0.3) is 0 Å². The van der Waals surface area contributed by atoms with Crippen LogP contribution in [0.1, 0.15) is 40.6 Å². The second-order valence-corrected chi connectivity index (χ2v) is 6.90. The number of carbonyl (C=O) groups excluding carboxylic acids is 1. The Balaban J connectivity index is 1.38. The molecule has 0 aliphatic carbocycles. The van der Waals surface area contributed by atoms with Crippen LogP contribution in [-0.4, -0.2) is 34.2 Å². The maximum Gasteiger partial charge on any atom is 0.254 e. The second-order valence-electron chi connectivity index (χ2n) is 6.90. The summed E-state index contributed by atoms with van der Waals surface area (Å²) in [5, 5.41) is 7.47. The van der Waals surface area contributed by atoms with Crippen LogP contribution in [0, 0.1) is 5.82 Å². The Kier molecular flexibility index (Phi) is 5.37. The van der Waals surface area contributed by atoms with Gasteiger partial charge in [-0.25, -0.2) is 4.39 Å². The van der Waals surface area contributed by atoms with Crippen molar-refractivity contribution in [1.82, 2.24) is 15.1 Å². The topological polar surface area (TPSA) is 58.2 Å². The van der Waals surface area contributed by atoms with Crippen molar-refractivity contribution in [3.8, 4) is 5.75 Å². The first-order chi connectivity index (χ1) is 13.7. The van der Waals surface area contributed by atoms with Crippen LogP contribution in [0.3, 0.4) is 0 Å². The molecule has 1 unspecified atom stereocenters. The summed E-state index contributed by atoms with van der Waals surface area (Å²) in [5.41, 5.74) is 2.52. The van der Waals surface area contributed by atoms with E-state index in [-0.39, 0.29) is 17.8 Å². The molecule has 1 aliphatic rings. The van der Waals surface area contributed by atoms with Crippen LogP contribution >= 0.6 is 0 Å². The van der Waals surface area contributed by atoms with Crippen molar-refractivity contribution >= 4 is 5.91 Å². The van der Waals surface area contributed by atoms with Crippen LogP contribution in [0.15, 0.2) is 60.7 Å². The summed E-state index contributed by atoms with van der Waals surface area (Å²) in [7, 11) is 0. The minimum atomic E-state index is -0.314. The van der Waals surface area contributed by atoms with Crippen molar-refractivity contribution in [2.75, 3.05) is 13.2 Å². The number of nitrogens with zero attached hydrogens (tertiary/aromatic N) is 2. The molecule has 1 N–H and O–H groups in total. The molecule has 1 atom stereocenters. The SMILES string of the molecule is O=C(c1ccccc1)N1CCCC1c1cc(CCOc2cccc(F)c2)[nH]n1. The van der Waals surface area contributed by atoms with Crippen LogP contribution in [0.2, 0.25) is 0 Å². The fourth-order valence-electron chi connectivity index (χ4n) is 3.58. The molecule has 0 radical (unpaired) electrons. The Morgan fingerprint density at radius 1 is 1.18 bits per heavy atom. The van der Waals surface area contributed by atoms with Gasteiger partial charge in [-0.15, -0.1) is 0 Å². The van der Waals surface area contributed by atoms with Gasteiger partial charge in [-0.05, 0) is 43.2 Å². The molecule has 28 heavy (non-hydrogen) atoms. The van der Waals surface area contributed by atoms with Crippen molar-refractivity contribution in [3.63, 3.8) is 0 Å². The van der Waals surface area contributed by atoms with Gasteiger partial charge in [-0.1, -0.05) is 24.3 Å². The predicted octanol–water partition coefficient (Wildman–Crippen LogP) is 4.15. The lowest BCUT2D eigenvalue weighted by Crippen LogP contribution is -2.30. The fraction of sp³-hybridized carbons (Fsp3) is 0.273. The number of ether oxygens (including phenoxy) is 1. The highest BCUT2D eigenvalue weighted by molar-refractivity contribution is 5.94. The van der Waals surface area contributed by atoms with E-state index in [0.29, 0.717) is 24.3 Å². The molecule has 144 valence electrons. The minimum absolute atomic E-state index is 0.0122. The number of H-pyrrole nitrogens is 1. The van der Waals surface area contributed by atoms with Crippen molar-refractivity contribution in [3.05, 3.63) is 83.4 Å². The van der Waals surface area contributed by atoms with Gasteiger partial charge in [0, 0.05) is 30.3 Å². The summed E-state index contributed by atoms with van der Waals surface area (Å²) >= 11 is 0. The van der Waals surface area contributed by atoms with Gasteiger partial charge in [0.05, 0.1) is 18.3 Å². The Hall–Kier alpha value is -3.15. The Morgan fingerprint density at radius 2 is 2.04 bits per heavy atom. The molecule has 2 heterocycles. The molecule has 1 aromatic heterocycles. The molecule has 1 saturated heterocycles. The van der Waals surface area contributed by atoms with Gasteiger partial charge >= 0.3 is 0 Å². The Bertz CT molecular complexity index is 942. The summed E-state index contributed by atoms with van der Waals surface area (Å²) in [6, 6.07) is 17.4. The molecule has 0 bridgehead atoms. The van der Waals surface area contributed by atoms with Crippen LogP contribution < -0.4 is 4.74 Å². The maximum absolute atomic E-state index is 13.2. The smallest absolute Gasteiger partial charge is 0.254 e. The number of rotatable bonds is 6. The molecule has 6 heteroatoms. The third kappa shape index (κ3) is 4.06. The summed E-state index contributed by atoms with van der Waals surface area (Å²) in [5.74, 6) is 0.239. The van der Waals surface area contributed by atoms with Crippen LogP contribution in [-0.2, 0) is 6.42 Å². The molecule has 0 spiro atoms. The number of hydrogen-bond donors (Lipinski definition) is 1. The molecule has 4 rings (SSSR count). The summed E-state index contributed by atoms with van der Waals surface area (Å²) in [4.78, 5) is 14.7. The number of nitrogens with one attached hydrogen (secondary N) is 1. The first kappa shape index (κ1) is 18.2. The molecule has 1 fully saturated rings. The van der Waals surface area contributed by atoms with Gasteiger partial charge in [-0.3, -0.25) is 9.89 Å². The fourth-order valence-corrected chi connectivity index (χ4v) is 3.58. The molecule has 5 nitrogen and oxygen atoms in total. The Morgan fingerprint density at radius 3 is 2.86 bits per heavy atom. The van der Waals surface area contributed by atoms with Crippen molar-refractivity contribution < 1.29 is 13.9 Å². The quantitative estimate of drug-likeness (QED) is 0.700. The van der Waals surface area contributed by atoms with E-state index in [2.05, 4.69) is 10.2 Å². The summed E-state index contributed by atoms with van der Waals surface area (Å²) < 4.78 is 18.8. The van der Waals surface area contributed by atoms with E-state index in [4.69, 9.17) is 4.74 Å².